The van der Waals surface area contributed by atoms with E-state index in [0.29, 0.717) is 23.5 Å². The van der Waals surface area contributed by atoms with Crippen LogP contribution in [-0.4, -0.2) is 53.0 Å². The summed E-state index contributed by atoms with van der Waals surface area (Å²) < 4.78 is 16.9. The minimum atomic E-state index is -1.05. The lowest BCUT2D eigenvalue weighted by Gasteiger charge is -2.35. The van der Waals surface area contributed by atoms with Crippen molar-refractivity contribution in [3.8, 4) is 11.5 Å². The number of amides is 2. The van der Waals surface area contributed by atoms with E-state index in [9.17, 15) is 24.5 Å². The summed E-state index contributed by atoms with van der Waals surface area (Å²) in [5, 5.41) is 11.7. The first-order valence-corrected chi connectivity index (χ1v) is 12.6. The molecule has 1 atom stereocenters. The van der Waals surface area contributed by atoms with Crippen molar-refractivity contribution < 1.29 is 33.5 Å². The van der Waals surface area contributed by atoms with E-state index in [0.717, 1.165) is 0 Å². The number of esters is 1. The summed E-state index contributed by atoms with van der Waals surface area (Å²) >= 11 is 0. The number of primary amides is 1. The Morgan fingerprint density at radius 1 is 1.10 bits per heavy atom. The number of benzene rings is 2. The van der Waals surface area contributed by atoms with Crippen LogP contribution in [0.25, 0.3) is 0 Å². The predicted molar refractivity (Wildman–Crippen MR) is 144 cm³/mol. The highest BCUT2D eigenvalue weighted by atomic mass is 16.6. The summed E-state index contributed by atoms with van der Waals surface area (Å²) in [6.45, 7) is 8.88. The van der Waals surface area contributed by atoms with Crippen LogP contribution >= 0.6 is 0 Å². The summed E-state index contributed by atoms with van der Waals surface area (Å²) in [5.74, 6) is -1.26. The molecule has 212 valence electrons. The number of rotatable bonds is 13. The molecular formula is C28H37N3O8. The molecule has 0 heterocycles. The van der Waals surface area contributed by atoms with Crippen LogP contribution in [0.2, 0.25) is 0 Å². The molecule has 39 heavy (non-hydrogen) atoms. The van der Waals surface area contributed by atoms with E-state index in [2.05, 4.69) is 0 Å². The van der Waals surface area contributed by atoms with E-state index < -0.39 is 34.3 Å². The fourth-order valence-corrected chi connectivity index (χ4v) is 3.95. The Hall–Kier alpha value is -4.15. The zero-order valence-electron chi connectivity index (χ0n) is 23.3. The molecule has 0 unspecified atom stereocenters. The Kier molecular flexibility index (Phi) is 10.8. The zero-order valence-corrected chi connectivity index (χ0v) is 23.3. The molecule has 0 bridgehead atoms. The van der Waals surface area contributed by atoms with Crippen LogP contribution in [0.1, 0.15) is 63.4 Å². The molecule has 0 saturated heterocycles. The largest absolute Gasteiger partial charge is 0.496 e. The molecule has 0 aliphatic heterocycles. The van der Waals surface area contributed by atoms with Crippen LogP contribution in [0, 0.1) is 16.0 Å². The van der Waals surface area contributed by atoms with Gasteiger partial charge in [-0.3, -0.25) is 19.7 Å². The van der Waals surface area contributed by atoms with Gasteiger partial charge < -0.3 is 24.8 Å². The van der Waals surface area contributed by atoms with Gasteiger partial charge in [0.05, 0.1) is 25.2 Å². The van der Waals surface area contributed by atoms with Crippen LogP contribution in [-0.2, 0) is 20.9 Å². The van der Waals surface area contributed by atoms with Crippen molar-refractivity contribution in [3.63, 3.8) is 0 Å². The third-order valence-corrected chi connectivity index (χ3v) is 5.64. The second kappa shape index (κ2) is 13.6. The summed E-state index contributed by atoms with van der Waals surface area (Å²) in [6.07, 6.45) is 0.642. The number of para-hydroxylation sites is 1. The number of nitrogens with two attached hydrogens (primary N) is 1. The molecule has 0 fully saturated rings. The first-order valence-electron chi connectivity index (χ1n) is 12.6. The summed E-state index contributed by atoms with van der Waals surface area (Å²) in [5.41, 5.74) is 4.37. The molecule has 2 aromatic carbocycles. The number of methoxy groups -OCH3 is 1. The molecule has 11 nitrogen and oxygen atoms in total. The first kappa shape index (κ1) is 31.1. The number of ether oxygens (including phenoxy) is 3. The standard InChI is InChI=1S/C28H37N3O8/c1-18(2)25(27(34)39-28(3,4)5)30(26(33)21-10-7-8-11-22(21)31(35)36)17-19-13-14-20(16-23(19)37-6)38-15-9-12-24(29)32/h7-8,10-11,13-14,16,18,25H,9,12,15,17H2,1-6H3,(H2,29,32)/t25-/m0/s1. The molecule has 0 spiro atoms. The van der Waals surface area contributed by atoms with Gasteiger partial charge in [0.2, 0.25) is 5.91 Å². The van der Waals surface area contributed by atoms with Gasteiger partial charge in [0.15, 0.2) is 0 Å². The number of nitro groups is 1. The topological polar surface area (TPSA) is 151 Å². The average molecular weight is 544 g/mol. The van der Waals surface area contributed by atoms with Gasteiger partial charge in [-0.1, -0.05) is 26.0 Å². The molecule has 0 saturated carbocycles. The molecule has 0 aliphatic carbocycles. The van der Waals surface area contributed by atoms with Crippen molar-refractivity contribution in [3.05, 3.63) is 63.7 Å². The lowest BCUT2D eigenvalue weighted by Crippen LogP contribution is -2.50. The molecule has 11 heteroatoms. The number of carbonyl (C=O) groups excluding carboxylic acids is 3. The maximum absolute atomic E-state index is 13.9. The van der Waals surface area contributed by atoms with Gasteiger partial charge in [0.25, 0.3) is 11.6 Å². The van der Waals surface area contributed by atoms with E-state index in [1.165, 1.54) is 36.3 Å². The minimum Gasteiger partial charge on any atom is -0.496 e. The second-order valence-electron chi connectivity index (χ2n) is 10.3. The summed E-state index contributed by atoms with van der Waals surface area (Å²) in [6, 6.07) is 9.55. The molecule has 2 aromatic rings. The predicted octanol–water partition coefficient (Wildman–Crippen LogP) is 4.26. The van der Waals surface area contributed by atoms with Crippen molar-refractivity contribution in [1.29, 1.82) is 0 Å². The van der Waals surface area contributed by atoms with Gasteiger partial charge in [-0.2, -0.15) is 0 Å². The zero-order chi connectivity index (χ0) is 29.3. The maximum Gasteiger partial charge on any atom is 0.329 e. The highest BCUT2D eigenvalue weighted by molar-refractivity contribution is 6.00. The van der Waals surface area contributed by atoms with E-state index >= 15 is 0 Å². The van der Waals surface area contributed by atoms with Crippen molar-refractivity contribution in [1.82, 2.24) is 4.90 Å². The Morgan fingerprint density at radius 2 is 1.77 bits per heavy atom. The smallest absolute Gasteiger partial charge is 0.329 e. The molecule has 2 rings (SSSR count). The molecule has 0 aliphatic rings. The highest BCUT2D eigenvalue weighted by Crippen LogP contribution is 2.30. The number of carbonyl (C=O) groups is 3. The minimum absolute atomic E-state index is 0.0991. The Morgan fingerprint density at radius 3 is 2.33 bits per heavy atom. The van der Waals surface area contributed by atoms with Crippen LogP contribution in [0.5, 0.6) is 11.5 Å². The third-order valence-electron chi connectivity index (χ3n) is 5.64. The summed E-state index contributed by atoms with van der Waals surface area (Å²) in [7, 11) is 1.46. The number of hydrogen-bond acceptors (Lipinski definition) is 8. The van der Waals surface area contributed by atoms with Crippen LogP contribution in [0.15, 0.2) is 42.5 Å². The molecule has 0 aromatic heterocycles. The number of nitro benzene ring substituents is 1. The maximum atomic E-state index is 13.9. The van der Waals surface area contributed by atoms with Crippen LogP contribution in [0.4, 0.5) is 5.69 Å². The second-order valence-corrected chi connectivity index (χ2v) is 10.3. The van der Waals surface area contributed by atoms with Crippen LogP contribution < -0.4 is 15.2 Å². The van der Waals surface area contributed by atoms with Gasteiger partial charge in [-0.15, -0.1) is 0 Å². The van der Waals surface area contributed by atoms with E-state index in [1.807, 2.05) is 0 Å². The fourth-order valence-electron chi connectivity index (χ4n) is 3.95. The van der Waals surface area contributed by atoms with E-state index in [4.69, 9.17) is 19.9 Å². The first-order chi connectivity index (χ1) is 18.2. The van der Waals surface area contributed by atoms with Crippen LogP contribution in [0.3, 0.4) is 0 Å². The lowest BCUT2D eigenvalue weighted by atomic mass is 9.99. The Labute approximate surface area is 228 Å². The number of hydrogen-bond donors (Lipinski definition) is 1. The van der Waals surface area contributed by atoms with Gasteiger partial charge in [0, 0.05) is 24.1 Å². The van der Waals surface area contributed by atoms with Gasteiger partial charge in [-0.25, -0.2) is 4.79 Å². The lowest BCUT2D eigenvalue weighted by molar-refractivity contribution is -0.385. The average Bonchev–Trinajstić information content (AvgIpc) is 2.84. The monoisotopic (exact) mass is 543 g/mol. The Bertz CT molecular complexity index is 1190. The molecular weight excluding hydrogens is 506 g/mol. The van der Waals surface area contributed by atoms with E-state index in [-0.39, 0.29) is 36.7 Å². The summed E-state index contributed by atoms with van der Waals surface area (Å²) in [4.78, 5) is 50.6. The Balaban J connectivity index is 2.52. The van der Waals surface area contributed by atoms with Crippen molar-refractivity contribution in [2.75, 3.05) is 13.7 Å². The molecule has 2 N–H and O–H groups in total. The molecule has 2 amide bonds. The SMILES string of the molecule is COc1cc(OCCCC(N)=O)ccc1CN(C(=O)c1ccccc1[N+](=O)[O-])[C@H](C(=O)OC(C)(C)C)C(C)C. The highest BCUT2D eigenvalue weighted by Gasteiger charge is 2.38. The van der Waals surface area contributed by atoms with E-state index in [1.54, 1.807) is 52.8 Å². The quantitative estimate of drug-likeness (QED) is 0.170. The van der Waals surface area contributed by atoms with Crippen molar-refractivity contribution in [2.24, 2.45) is 11.7 Å². The van der Waals surface area contributed by atoms with Crippen molar-refractivity contribution >= 4 is 23.5 Å². The normalized spacial score (nSPS) is 12.0. The molecule has 0 radical (unpaired) electrons. The third kappa shape index (κ3) is 8.98. The van der Waals surface area contributed by atoms with Gasteiger partial charge in [0.1, 0.15) is 28.7 Å². The van der Waals surface area contributed by atoms with Crippen molar-refractivity contribution in [2.45, 2.75) is 65.6 Å². The number of nitrogens with zero attached hydrogens (tertiary/aromatic N) is 2. The van der Waals surface area contributed by atoms with Gasteiger partial charge >= 0.3 is 5.97 Å². The fraction of sp³-hybridized carbons (Fsp3) is 0.464. The van der Waals surface area contributed by atoms with Gasteiger partial charge in [-0.05, 0) is 51.3 Å².